The Morgan fingerprint density at radius 2 is 1.81 bits per heavy atom. The molecular formula is C18H21F2N3O3S. The summed E-state index contributed by atoms with van der Waals surface area (Å²) in [5, 5.41) is 2.60. The molecule has 1 aromatic rings. The van der Waals surface area contributed by atoms with E-state index in [2.05, 4.69) is 5.32 Å². The second kappa shape index (κ2) is 7.84. The molecule has 146 valence electrons. The van der Waals surface area contributed by atoms with Crippen LogP contribution in [-0.2, 0) is 9.59 Å². The molecule has 1 N–H and O–H groups in total. The van der Waals surface area contributed by atoms with Gasteiger partial charge < -0.3 is 10.2 Å². The first-order chi connectivity index (χ1) is 12.8. The van der Waals surface area contributed by atoms with Crippen molar-refractivity contribution in [3.05, 3.63) is 24.3 Å². The van der Waals surface area contributed by atoms with Gasteiger partial charge in [0.15, 0.2) is 0 Å². The first-order valence-electron chi connectivity index (χ1n) is 8.78. The Morgan fingerprint density at radius 1 is 1.19 bits per heavy atom. The van der Waals surface area contributed by atoms with Gasteiger partial charge in [0.05, 0.1) is 0 Å². The van der Waals surface area contributed by atoms with Crippen LogP contribution in [0.1, 0.15) is 32.1 Å². The van der Waals surface area contributed by atoms with Gasteiger partial charge in [0.2, 0.25) is 5.91 Å². The van der Waals surface area contributed by atoms with Crippen LogP contribution in [0.5, 0.6) is 0 Å². The molecule has 4 amide bonds. The van der Waals surface area contributed by atoms with E-state index in [0.717, 1.165) is 24.2 Å². The standard InChI is InChI=1S/C18H21F2N3O3S/c1-22-17(26)23(15(25)18(22)9-3-2-4-10-18)11-14(24)21-12-5-7-13(8-6-12)27-16(19)20/h5-8,16H,2-4,9-11H2,1H3,(H,21,24). The number of nitrogens with zero attached hydrogens (tertiary/aromatic N) is 2. The summed E-state index contributed by atoms with van der Waals surface area (Å²) in [7, 11) is 1.61. The summed E-state index contributed by atoms with van der Waals surface area (Å²) in [4.78, 5) is 40.5. The fraction of sp³-hybridized carbons (Fsp3) is 0.500. The third-order valence-electron chi connectivity index (χ3n) is 5.15. The molecule has 27 heavy (non-hydrogen) atoms. The van der Waals surface area contributed by atoms with E-state index in [0.29, 0.717) is 35.2 Å². The minimum Gasteiger partial charge on any atom is -0.325 e. The first kappa shape index (κ1) is 19.6. The average Bonchev–Trinajstić information content (AvgIpc) is 2.80. The van der Waals surface area contributed by atoms with E-state index in [1.54, 1.807) is 7.05 Å². The molecule has 1 saturated heterocycles. The lowest BCUT2D eigenvalue weighted by Crippen LogP contribution is -2.49. The summed E-state index contributed by atoms with van der Waals surface area (Å²) in [5.41, 5.74) is -0.400. The summed E-state index contributed by atoms with van der Waals surface area (Å²) in [6.45, 7) is -0.364. The van der Waals surface area contributed by atoms with Gasteiger partial charge >= 0.3 is 6.03 Å². The summed E-state index contributed by atoms with van der Waals surface area (Å²) in [5.74, 6) is -3.33. The van der Waals surface area contributed by atoms with E-state index in [9.17, 15) is 23.2 Å². The zero-order chi connectivity index (χ0) is 19.6. The maximum atomic E-state index is 12.8. The highest BCUT2D eigenvalue weighted by Gasteiger charge is 2.55. The highest BCUT2D eigenvalue weighted by molar-refractivity contribution is 7.99. The van der Waals surface area contributed by atoms with Gasteiger partial charge in [-0.15, -0.1) is 0 Å². The Morgan fingerprint density at radius 3 is 2.41 bits per heavy atom. The van der Waals surface area contributed by atoms with Gasteiger partial charge in [-0.25, -0.2) is 4.79 Å². The maximum absolute atomic E-state index is 12.8. The van der Waals surface area contributed by atoms with Crippen molar-refractivity contribution in [2.75, 3.05) is 18.9 Å². The van der Waals surface area contributed by atoms with Crippen molar-refractivity contribution in [1.29, 1.82) is 0 Å². The topological polar surface area (TPSA) is 69.7 Å². The smallest absolute Gasteiger partial charge is 0.325 e. The summed E-state index contributed by atoms with van der Waals surface area (Å²) in [6, 6.07) is 5.50. The highest BCUT2D eigenvalue weighted by Crippen LogP contribution is 2.39. The molecule has 0 radical (unpaired) electrons. The third-order valence-corrected chi connectivity index (χ3v) is 5.87. The summed E-state index contributed by atoms with van der Waals surface area (Å²) < 4.78 is 24.7. The number of carbonyl (C=O) groups excluding carboxylic acids is 3. The highest BCUT2D eigenvalue weighted by atomic mass is 32.2. The molecule has 0 bridgehead atoms. The molecule has 1 aliphatic carbocycles. The largest absolute Gasteiger partial charge is 0.327 e. The van der Waals surface area contributed by atoms with Gasteiger partial charge in [-0.05, 0) is 37.1 Å². The van der Waals surface area contributed by atoms with Crippen LogP contribution < -0.4 is 5.32 Å². The number of urea groups is 1. The number of likely N-dealkylation sites (N-methyl/N-ethyl adjacent to an activating group) is 1. The Bertz CT molecular complexity index is 736. The number of hydrogen-bond donors (Lipinski definition) is 1. The molecule has 0 atom stereocenters. The van der Waals surface area contributed by atoms with Gasteiger partial charge in [-0.1, -0.05) is 31.0 Å². The average molecular weight is 397 g/mol. The minimum absolute atomic E-state index is 0.312. The van der Waals surface area contributed by atoms with Crippen LogP contribution >= 0.6 is 11.8 Å². The second-order valence-electron chi connectivity index (χ2n) is 6.78. The monoisotopic (exact) mass is 397 g/mol. The predicted octanol–water partition coefficient (Wildman–Crippen LogP) is 3.54. The molecule has 1 aromatic carbocycles. The van der Waals surface area contributed by atoms with Gasteiger partial charge in [0.25, 0.3) is 11.7 Å². The lowest BCUT2D eigenvalue weighted by molar-refractivity contribution is -0.136. The van der Waals surface area contributed by atoms with Crippen LogP contribution in [0.4, 0.5) is 19.3 Å². The number of amides is 4. The van der Waals surface area contributed by atoms with Crippen LogP contribution in [0.2, 0.25) is 0 Å². The van der Waals surface area contributed by atoms with Crippen molar-refractivity contribution >= 4 is 35.3 Å². The number of imide groups is 1. The van der Waals surface area contributed by atoms with Gasteiger partial charge in [-0.2, -0.15) is 8.78 Å². The molecular weight excluding hydrogens is 376 g/mol. The van der Waals surface area contributed by atoms with Crippen molar-refractivity contribution in [2.24, 2.45) is 0 Å². The van der Waals surface area contributed by atoms with Crippen molar-refractivity contribution in [2.45, 2.75) is 48.3 Å². The van der Waals surface area contributed by atoms with Crippen LogP contribution in [0.3, 0.4) is 0 Å². The molecule has 2 fully saturated rings. The SMILES string of the molecule is CN1C(=O)N(CC(=O)Nc2ccc(SC(F)F)cc2)C(=O)C12CCCCC2. The van der Waals surface area contributed by atoms with E-state index in [4.69, 9.17) is 0 Å². The van der Waals surface area contributed by atoms with Crippen molar-refractivity contribution < 1.29 is 23.2 Å². The van der Waals surface area contributed by atoms with Crippen LogP contribution in [0, 0.1) is 0 Å². The molecule has 1 saturated carbocycles. The molecule has 0 unspecified atom stereocenters. The normalized spacial score (nSPS) is 19.3. The van der Waals surface area contributed by atoms with Gasteiger partial charge in [-0.3, -0.25) is 14.5 Å². The fourth-order valence-corrected chi connectivity index (χ4v) is 4.23. The number of rotatable bonds is 5. The second-order valence-corrected chi connectivity index (χ2v) is 7.84. The maximum Gasteiger partial charge on any atom is 0.327 e. The quantitative estimate of drug-likeness (QED) is 0.610. The lowest BCUT2D eigenvalue weighted by atomic mass is 9.81. The number of anilines is 1. The Hall–Kier alpha value is -2.16. The number of hydrogen-bond acceptors (Lipinski definition) is 4. The molecule has 9 heteroatoms. The fourth-order valence-electron chi connectivity index (χ4n) is 3.73. The Labute approximate surface area is 160 Å². The van der Waals surface area contributed by atoms with Crippen molar-refractivity contribution in [3.8, 4) is 0 Å². The van der Waals surface area contributed by atoms with E-state index in [1.165, 1.54) is 29.2 Å². The zero-order valence-corrected chi connectivity index (χ0v) is 15.7. The molecule has 6 nitrogen and oxygen atoms in total. The van der Waals surface area contributed by atoms with Gasteiger partial charge in [0.1, 0.15) is 12.1 Å². The molecule has 1 heterocycles. The summed E-state index contributed by atoms with van der Waals surface area (Å²) >= 11 is 0.416. The third kappa shape index (κ3) is 3.92. The van der Waals surface area contributed by atoms with Gasteiger partial charge in [0, 0.05) is 17.6 Å². The Kier molecular flexibility index (Phi) is 5.69. The van der Waals surface area contributed by atoms with E-state index < -0.39 is 23.2 Å². The number of alkyl halides is 2. The number of halogens is 2. The van der Waals surface area contributed by atoms with Crippen molar-refractivity contribution in [1.82, 2.24) is 9.80 Å². The zero-order valence-electron chi connectivity index (χ0n) is 14.9. The number of benzene rings is 1. The number of nitrogens with one attached hydrogen (secondary N) is 1. The molecule has 2 aliphatic rings. The molecule has 1 aliphatic heterocycles. The van der Waals surface area contributed by atoms with E-state index >= 15 is 0 Å². The van der Waals surface area contributed by atoms with Crippen LogP contribution in [0.15, 0.2) is 29.2 Å². The molecule has 1 spiro atoms. The minimum atomic E-state index is -2.51. The molecule has 3 rings (SSSR count). The summed E-state index contributed by atoms with van der Waals surface area (Å²) in [6.07, 6.45) is 4.04. The number of carbonyl (C=O) groups is 3. The Balaban J connectivity index is 1.63. The van der Waals surface area contributed by atoms with E-state index in [-0.39, 0.29) is 12.5 Å². The molecule has 0 aromatic heterocycles. The lowest BCUT2D eigenvalue weighted by Gasteiger charge is -2.35. The predicted molar refractivity (Wildman–Crippen MR) is 97.6 cm³/mol. The number of thioether (sulfide) groups is 1. The van der Waals surface area contributed by atoms with E-state index in [1.807, 2.05) is 0 Å². The first-order valence-corrected chi connectivity index (χ1v) is 9.66. The van der Waals surface area contributed by atoms with Crippen LogP contribution in [-0.4, -0.2) is 52.5 Å². The van der Waals surface area contributed by atoms with Crippen LogP contribution in [0.25, 0.3) is 0 Å². The van der Waals surface area contributed by atoms with Crippen molar-refractivity contribution in [3.63, 3.8) is 0 Å².